The van der Waals surface area contributed by atoms with E-state index in [1.807, 2.05) is 6.92 Å². The van der Waals surface area contributed by atoms with Crippen LogP contribution >= 0.6 is 12.4 Å². The van der Waals surface area contributed by atoms with Crippen LogP contribution in [0.15, 0.2) is 18.3 Å². The molecule has 1 N–H and O–H groups in total. The molecule has 20 heavy (non-hydrogen) atoms. The Labute approximate surface area is 120 Å². The van der Waals surface area contributed by atoms with Gasteiger partial charge in [-0.25, -0.2) is 0 Å². The number of rotatable bonds is 1. The number of nitrogens with zero attached hydrogens (tertiary/aromatic N) is 2. The molecule has 1 saturated heterocycles. The van der Waals surface area contributed by atoms with Crippen molar-refractivity contribution < 1.29 is 18.0 Å². The van der Waals surface area contributed by atoms with E-state index < -0.39 is 23.3 Å². The van der Waals surface area contributed by atoms with Crippen molar-refractivity contribution in [3.05, 3.63) is 29.6 Å². The van der Waals surface area contributed by atoms with Crippen molar-refractivity contribution in [2.45, 2.75) is 19.1 Å². The van der Waals surface area contributed by atoms with Crippen LogP contribution in [0.2, 0.25) is 0 Å². The van der Waals surface area contributed by atoms with Crippen molar-refractivity contribution in [1.82, 2.24) is 15.2 Å². The maximum absolute atomic E-state index is 12.8. The van der Waals surface area contributed by atoms with E-state index in [2.05, 4.69) is 10.3 Å². The van der Waals surface area contributed by atoms with Crippen molar-refractivity contribution in [2.24, 2.45) is 0 Å². The highest BCUT2D eigenvalue weighted by Gasteiger charge is 2.37. The van der Waals surface area contributed by atoms with Crippen LogP contribution in [-0.2, 0) is 6.18 Å². The van der Waals surface area contributed by atoms with E-state index in [9.17, 15) is 18.0 Å². The number of carbonyl (C=O) groups excluding carboxylic acids is 1. The highest BCUT2D eigenvalue weighted by atomic mass is 35.5. The van der Waals surface area contributed by atoms with Gasteiger partial charge in [0.15, 0.2) is 0 Å². The fourth-order valence-electron chi connectivity index (χ4n) is 2.07. The molecule has 8 heteroatoms. The van der Waals surface area contributed by atoms with Gasteiger partial charge in [0.05, 0.1) is 5.56 Å². The summed E-state index contributed by atoms with van der Waals surface area (Å²) in [6.07, 6.45) is -3.37. The number of piperazine rings is 1. The van der Waals surface area contributed by atoms with Gasteiger partial charge in [-0.3, -0.25) is 9.78 Å². The molecular formula is C12H15ClF3N3O. The number of aromatic nitrogens is 1. The topological polar surface area (TPSA) is 45.2 Å². The van der Waals surface area contributed by atoms with E-state index in [1.165, 1.54) is 17.2 Å². The second-order valence-corrected chi connectivity index (χ2v) is 4.50. The van der Waals surface area contributed by atoms with Gasteiger partial charge in [0.1, 0.15) is 5.69 Å². The molecule has 0 spiro atoms. The van der Waals surface area contributed by atoms with Crippen LogP contribution in [0, 0.1) is 0 Å². The van der Waals surface area contributed by atoms with E-state index >= 15 is 0 Å². The van der Waals surface area contributed by atoms with E-state index in [4.69, 9.17) is 0 Å². The molecular weight excluding hydrogens is 295 g/mol. The lowest BCUT2D eigenvalue weighted by molar-refractivity contribution is -0.138. The second-order valence-electron chi connectivity index (χ2n) is 4.50. The Kier molecular flexibility index (Phi) is 5.35. The summed E-state index contributed by atoms with van der Waals surface area (Å²) in [5.74, 6) is -0.665. The predicted molar refractivity (Wildman–Crippen MR) is 69.9 cm³/mol. The van der Waals surface area contributed by atoms with Crippen LogP contribution in [-0.4, -0.2) is 41.5 Å². The molecule has 1 aromatic rings. The molecule has 1 aliphatic rings. The third-order valence-electron chi connectivity index (χ3n) is 2.97. The molecule has 1 fully saturated rings. The molecule has 1 amide bonds. The number of hydrogen-bond donors (Lipinski definition) is 1. The van der Waals surface area contributed by atoms with Gasteiger partial charge < -0.3 is 10.2 Å². The first-order chi connectivity index (χ1) is 8.89. The Morgan fingerprint density at radius 2 is 2.20 bits per heavy atom. The molecule has 1 atom stereocenters. The van der Waals surface area contributed by atoms with Crippen molar-refractivity contribution >= 4 is 18.3 Å². The van der Waals surface area contributed by atoms with Crippen LogP contribution < -0.4 is 5.32 Å². The minimum absolute atomic E-state index is 0. The van der Waals surface area contributed by atoms with E-state index in [0.717, 1.165) is 6.07 Å². The highest BCUT2D eigenvalue weighted by molar-refractivity contribution is 5.94. The molecule has 0 saturated carbocycles. The van der Waals surface area contributed by atoms with Gasteiger partial charge >= 0.3 is 6.18 Å². The first kappa shape index (κ1) is 16.7. The molecule has 2 rings (SSSR count). The molecule has 1 aliphatic heterocycles. The van der Waals surface area contributed by atoms with Gasteiger partial charge in [-0.05, 0) is 19.1 Å². The van der Waals surface area contributed by atoms with Gasteiger partial charge in [0, 0.05) is 31.9 Å². The number of alkyl halides is 3. The predicted octanol–water partition coefficient (Wildman–Crippen LogP) is 1.96. The molecule has 0 unspecified atom stereocenters. The minimum atomic E-state index is -4.57. The second kappa shape index (κ2) is 6.41. The van der Waals surface area contributed by atoms with Crippen LogP contribution in [0.25, 0.3) is 0 Å². The number of pyridine rings is 1. The zero-order chi connectivity index (χ0) is 14.0. The molecule has 0 aromatic carbocycles. The average Bonchev–Trinajstić information content (AvgIpc) is 2.37. The number of nitrogens with one attached hydrogen (secondary N) is 1. The Morgan fingerprint density at radius 3 is 2.80 bits per heavy atom. The lowest BCUT2D eigenvalue weighted by Crippen LogP contribution is -2.51. The van der Waals surface area contributed by atoms with Crippen LogP contribution in [0.4, 0.5) is 13.2 Å². The van der Waals surface area contributed by atoms with Crippen molar-refractivity contribution in [3.8, 4) is 0 Å². The van der Waals surface area contributed by atoms with Crippen molar-refractivity contribution in [3.63, 3.8) is 0 Å². The molecule has 112 valence electrons. The summed E-state index contributed by atoms with van der Waals surface area (Å²) in [6.45, 7) is 3.22. The van der Waals surface area contributed by atoms with Gasteiger partial charge in [-0.15, -0.1) is 12.4 Å². The summed E-state index contributed by atoms with van der Waals surface area (Å²) >= 11 is 0. The van der Waals surface area contributed by atoms with Gasteiger partial charge in [-0.1, -0.05) is 0 Å². The monoisotopic (exact) mass is 309 g/mol. The van der Waals surface area contributed by atoms with Crippen molar-refractivity contribution in [1.29, 1.82) is 0 Å². The lowest BCUT2D eigenvalue weighted by atomic mass is 10.1. The first-order valence-corrected chi connectivity index (χ1v) is 5.94. The molecule has 0 aliphatic carbocycles. The summed E-state index contributed by atoms with van der Waals surface area (Å²) < 4.78 is 38.5. The minimum Gasteiger partial charge on any atom is -0.334 e. The molecule has 2 heterocycles. The Bertz CT molecular complexity index is 481. The van der Waals surface area contributed by atoms with Gasteiger partial charge in [0.2, 0.25) is 0 Å². The fraction of sp³-hybridized carbons (Fsp3) is 0.500. The SMILES string of the molecule is C[C@@H]1CN(C(=O)c2ncccc2C(F)(F)F)CCN1.Cl. The quantitative estimate of drug-likeness (QED) is 0.862. The van der Waals surface area contributed by atoms with Crippen LogP contribution in [0.1, 0.15) is 23.0 Å². The molecule has 1 aromatic heterocycles. The number of carbonyl (C=O) groups is 1. The van der Waals surface area contributed by atoms with Crippen molar-refractivity contribution in [2.75, 3.05) is 19.6 Å². The summed E-state index contributed by atoms with van der Waals surface area (Å²) in [7, 11) is 0. The zero-order valence-corrected chi connectivity index (χ0v) is 11.6. The highest BCUT2D eigenvalue weighted by Crippen LogP contribution is 2.31. The Balaban J connectivity index is 0.00000200. The normalized spacial score (nSPS) is 19.4. The average molecular weight is 310 g/mol. The van der Waals surface area contributed by atoms with Crippen LogP contribution in [0.5, 0.6) is 0 Å². The summed E-state index contributed by atoms with van der Waals surface area (Å²) in [5.41, 5.74) is -1.50. The summed E-state index contributed by atoms with van der Waals surface area (Å²) in [4.78, 5) is 17.2. The summed E-state index contributed by atoms with van der Waals surface area (Å²) in [6, 6.07) is 2.13. The maximum Gasteiger partial charge on any atom is 0.418 e. The maximum atomic E-state index is 12.8. The molecule has 0 bridgehead atoms. The number of hydrogen-bond acceptors (Lipinski definition) is 3. The third kappa shape index (κ3) is 3.61. The van der Waals surface area contributed by atoms with E-state index in [0.29, 0.717) is 19.6 Å². The Hall–Kier alpha value is -1.34. The smallest absolute Gasteiger partial charge is 0.334 e. The third-order valence-corrected chi connectivity index (χ3v) is 2.97. The van der Waals surface area contributed by atoms with E-state index in [-0.39, 0.29) is 18.4 Å². The Morgan fingerprint density at radius 1 is 1.50 bits per heavy atom. The van der Waals surface area contributed by atoms with Crippen LogP contribution in [0.3, 0.4) is 0 Å². The van der Waals surface area contributed by atoms with Gasteiger partial charge in [0.25, 0.3) is 5.91 Å². The fourth-order valence-corrected chi connectivity index (χ4v) is 2.07. The standard InChI is InChI=1S/C12H14F3N3O.ClH/c1-8-7-18(6-5-16-8)11(19)10-9(12(13,14)15)3-2-4-17-10;/h2-4,8,16H,5-7H2,1H3;1H/t8-;/m1./s1. The van der Waals surface area contributed by atoms with E-state index in [1.54, 1.807) is 0 Å². The molecule has 4 nitrogen and oxygen atoms in total. The number of amides is 1. The summed E-state index contributed by atoms with van der Waals surface area (Å²) in [5, 5.41) is 3.13. The zero-order valence-electron chi connectivity index (χ0n) is 10.8. The largest absolute Gasteiger partial charge is 0.418 e. The first-order valence-electron chi connectivity index (χ1n) is 5.94. The lowest BCUT2D eigenvalue weighted by Gasteiger charge is -2.32. The molecule has 0 radical (unpaired) electrons. The van der Waals surface area contributed by atoms with Gasteiger partial charge in [-0.2, -0.15) is 13.2 Å². The number of halogens is 4.